The van der Waals surface area contributed by atoms with Crippen molar-refractivity contribution in [2.45, 2.75) is 32.7 Å². The van der Waals surface area contributed by atoms with Crippen LogP contribution in [0.15, 0.2) is 35.1 Å². The highest BCUT2D eigenvalue weighted by atomic mass is 16.5. The normalized spacial score (nSPS) is 11.8. The second kappa shape index (κ2) is 7.50. The molecule has 2 rings (SSSR count). The molecule has 0 spiro atoms. The van der Waals surface area contributed by atoms with Crippen molar-refractivity contribution in [3.05, 3.63) is 47.7 Å². The molecule has 0 saturated heterocycles. The van der Waals surface area contributed by atoms with E-state index in [0.29, 0.717) is 17.2 Å². The summed E-state index contributed by atoms with van der Waals surface area (Å²) < 4.78 is 10.7. The van der Waals surface area contributed by atoms with Gasteiger partial charge in [-0.15, -0.1) is 6.42 Å². The fourth-order valence-electron chi connectivity index (χ4n) is 2.18. The van der Waals surface area contributed by atoms with Crippen LogP contribution in [0.25, 0.3) is 0 Å². The fourth-order valence-corrected chi connectivity index (χ4v) is 2.18. The summed E-state index contributed by atoms with van der Waals surface area (Å²) in [5.74, 6) is 3.51. The second-order valence-electron chi connectivity index (χ2n) is 5.48. The number of nitrogens with zero attached hydrogens (tertiary/aromatic N) is 1. The van der Waals surface area contributed by atoms with E-state index >= 15 is 0 Å². The van der Waals surface area contributed by atoms with E-state index in [9.17, 15) is 4.79 Å². The lowest BCUT2D eigenvalue weighted by Crippen LogP contribution is -2.27. The van der Waals surface area contributed by atoms with Crippen LogP contribution in [0.1, 0.15) is 54.5 Å². The molecule has 0 saturated carbocycles. The van der Waals surface area contributed by atoms with Gasteiger partial charge in [-0.3, -0.25) is 4.79 Å². The lowest BCUT2D eigenvalue weighted by molar-refractivity contribution is 0.0933. The van der Waals surface area contributed by atoms with Gasteiger partial charge < -0.3 is 14.5 Å². The number of carbonyl (C=O) groups is 1. The average molecular weight is 312 g/mol. The quantitative estimate of drug-likeness (QED) is 0.831. The molecular weight excluding hydrogens is 292 g/mol. The van der Waals surface area contributed by atoms with Gasteiger partial charge in [-0.2, -0.15) is 0 Å². The van der Waals surface area contributed by atoms with Crippen molar-refractivity contribution in [3.63, 3.8) is 0 Å². The van der Waals surface area contributed by atoms with Gasteiger partial charge in [0.05, 0.1) is 6.04 Å². The molecule has 5 nitrogen and oxygen atoms in total. The van der Waals surface area contributed by atoms with E-state index in [1.807, 2.05) is 45.0 Å². The summed E-state index contributed by atoms with van der Waals surface area (Å²) in [6.45, 7) is 6.01. The van der Waals surface area contributed by atoms with E-state index in [4.69, 9.17) is 15.6 Å². The Bertz CT molecular complexity index is 713. The van der Waals surface area contributed by atoms with Crippen molar-refractivity contribution in [1.82, 2.24) is 10.3 Å². The van der Waals surface area contributed by atoms with E-state index in [1.54, 1.807) is 0 Å². The summed E-state index contributed by atoms with van der Waals surface area (Å²) in [4.78, 5) is 16.4. The van der Waals surface area contributed by atoms with Crippen molar-refractivity contribution in [2.75, 3.05) is 6.61 Å². The number of ether oxygens (including phenoxy) is 1. The molecule has 0 aliphatic carbocycles. The molecule has 0 aliphatic rings. The minimum absolute atomic E-state index is 0.0917. The van der Waals surface area contributed by atoms with Crippen LogP contribution in [-0.4, -0.2) is 17.5 Å². The molecule has 1 N–H and O–H groups in total. The number of terminal acetylenes is 1. The van der Waals surface area contributed by atoms with Gasteiger partial charge in [0.15, 0.2) is 12.1 Å². The minimum atomic E-state index is -0.259. The first-order valence-corrected chi connectivity index (χ1v) is 7.43. The SMILES string of the molecule is C#CCOc1cccc([C@@H](C)NC(=O)c2ncoc2C(C)C)c1. The molecule has 1 aromatic heterocycles. The zero-order chi connectivity index (χ0) is 16.8. The topological polar surface area (TPSA) is 64.4 Å². The van der Waals surface area contributed by atoms with Gasteiger partial charge in [-0.1, -0.05) is 31.9 Å². The van der Waals surface area contributed by atoms with Gasteiger partial charge in [0.1, 0.15) is 18.1 Å². The van der Waals surface area contributed by atoms with E-state index in [0.717, 1.165) is 5.56 Å². The summed E-state index contributed by atoms with van der Waals surface area (Å²) in [5, 5.41) is 2.92. The second-order valence-corrected chi connectivity index (χ2v) is 5.48. The van der Waals surface area contributed by atoms with Crippen LogP contribution < -0.4 is 10.1 Å². The first-order valence-electron chi connectivity index (χ1n) is 7.43. The molecule has 23 heavy (non-hydrogen) atoms. The number of hydrogen-bond acceptors (Lipinski definition) is 4. The van der Waals surface area contributed by atoms with Crippen LogP contribution >= 0.6 is 0 Å². The van der Waals surface area contributed by atoms with Crippen molar-refractivity contribution >= 4 is 5.91 Å². The number of aromatic nitrogens is 1. The summed E-state index contributed by atoms with van der Waals surface area (Å²) in [6, 6.07) is 7.26. The molecule has 0 bridgehead atoms. The Hall–Kier alpha value is -2.74. The average Bonchev–Trinajstić information content (AvgIpc) is 3.03. The summed E-state index contributed by atoms with van der Waals surface area (Å²) in [5.41, 5.74) is 1.24. The highest BCUT2D eigenvalue weighted by Crippen LogP contribution is 2.21. The molecule has 120 valence electrons. The molecule has 1 aromatic carbocycles. The van der Waals surface area contributed by atoms with Gasteiger partial charge in [0.2, 0.25) is 0 Å². The zero-order valence-electron chi connectivity index (χ0n) is 13.5. The van der Waals surface area contributed by atoms with Gasteiger partial charge in [0, 0.05) is 5.92 Å². The van der Waals surface area contributed by atoms with Gasteiger partial charge >= 0.3 is 0 Å². The largest absolute Gasteiger partial charge is 0.481 e. The molecule has 5 heteroatoms. The minimum Gasteiger partial charge on any atom is -0.481 e. The van der Waals surface area contributed by atoms with Crippen LogP contribution in [0.2, 0.25) is 0 Å². The third-order valence-electron chi connectivity index (χ3n) is 3.36. The van der Waals surface area contributed by atoms with Crippen LogP contribution in [0, 0.1) is 12.3 Å². The lowest BCUT2D eigenvalue weighted by atomic mass is 10.1. The van der Waals surface area contributed by atoms with Crippen LogP contribution in [0.4, 0.5) is 0 Å². The van der Waals surface area contributed by atoms with Crippen LogP contribution in [0.5, 0.6) is 5.75 Å². The van der Waals surface area contributed by atoms with Crippen molar-refractivity contribution < 1.29 is 13.9 Å². The summed E-state index contributed by atoms with van der Waals surface area (Å²) >= 11 is 0. The molecule has 1 atom stereocenters. The number of amides is 1. The summed E-state index contributed by atoms with van der Waals surface area (Å²) in [7, 11) is 0. The predicted molar refractivity (Wildman–Crippen MR) is 87.2 cm³/mol. The highest BCUT2D eigenvalue weighted by Gasteiger charge is 2.21. The van der Waals surface area contributed by atoms with E-state index in [-0.39, 0.29) is 24.5 Å². The highest BCUT2D eigenvalue weighted by molar-refractivity contribution is 5.93. The molecule has 0 radical (unpaired) electrons. The Morgan fingerprint density at radius 1 is 1.43 bits per heavy atom. The molecule has 0 aliphatic heterocycles. The molecule has 1 heterocycles. The van der Waals surface area contributed by atoms with E-state index < -0.39 is 0 Å². The smallest absolute Gasteiger partial charge is 0.274 e. The van der Waals surface area contributed by atoms with Gasteiger partial charge in [-0.05, 0) is 24.6 Å². The number of carbonyl (C=O) groups excluding carboxylic acids is 1. The molecule has 1 amide bonds. The fraction of sp³-hybridized carbons (Fsp3) is 0.333. The van der Waals surface area contributed by atoms with Crippen molar-refractivity contribution in [3.8, 4) is 18.1 Å². The number of rotatable bonds is 6. The van der Waals surface area contributed by atoms with Gasteiger partial charge in [-0.25, -0.2) is 4.98 Å². The van der Waals surface area contributed by atoms with Gasteiger partial charge in [0.25, 0.3) is 5.91 Å². The molecule has 0 fully saturated rings. The molecule has 2 aromatic rings. The Morgan fingerprint density at radius 3 is 2.91 bits per heavy atom. The third-order valence-corrected chi connectivity index (χ3v) is 3.36. The maximum atomic E-state index is 12.4. The number of benzene rings is 1. The Balaban J connectivity index is 2.09. The number of nitrogens with one attached hydrogen (secondary N) is 1. The maximum absolute atomic E-state index is 12.4. The van der Waals surface area contributed by atoms with Crippen LogP contribution in [-0.2, 0) is 0 Å². The Kier molecular flexibility index (Phi) is 5.42. The van der Waals surface area contributed by atoms with Crippen molar-refractivity contribution in [2.24, 2.45) is 0 Å². The Labute approximate surface area is 136 Å². The predicted octanol–water partition coefficient (Wildman–Crippen LogP) is 3.30. The number of hydrogen-bond donors (Lipinski definition) is 1. The Morgan fingerprint density at radius 2 is 2.22 bits per heavy atom. The number of oxazole rings is 1. The van der Waals surface area contributed by atoms with Crippen molar-refractivity contribution in [1.29, 1.82) is 0 Å². The van der Waals surface area contributed by atoms with E-state index in [2.05, 4.69) is 16.2 Å². The van der Waals surface area contributed by atoms with Crippen LogP contribution in [0.3, 0.4) is 0 Å². The zero-order valence-corrected chi connectivity index (χ0v) is 13.5. The standard InChI is InChI=1S/C18H20N2O3/c1-5-9-22-15-8-6-7-14(10-15)13(4)20-18(21)16-17(12(2)3)23-11-19-16/h1,6-8,10-13H,9H2,2-4H3,(H,20,21)/t13-/m1/s1. The first kappa shape index (κ1) is 16.6. The lowest BCUT2D eigenvalue weighted by Gasteiger charge is -2.15. The monoisotopic (exact) mass is 312 g/mol. The molecular formula is C18H20N2O3. The maximum Gasteiger partial charge on any atom is 0.274 e. The summed E-state index contributed by atoms with van der Waals surface area (Å²) in [6.07, 6.45) is 6.48. The molecule has 0 unspecified atom stereocenters. The first-order chi connectivity index (χ1) is 11.0. The third kappa shape index (κ3) is 4.13. The van der Waals surface area contributed by atoms with E-state index in [1.165, 1.54) is 6.39 Å².